The average molecular weight is 473 g/mol. The number of aliphatic hydroxyl groups excluding tert-OH is 1. The SMILES string of the molecule is O=C1c2cc([C]3[CH][CH][CH][CH]3)nn2C[C@@H](O)CN1CCc1ccc(F)cc1.[CH]1[CH][CH][CH][CH]1.[Fe+2]. The molecule has 0 spiro atoms. The third-order valence-electron chi connectivity index (χ3n) is 5.20. The van der Waals surface area contributed by atoms with Crippen LogP contribution in [-0.4, -0.2) is 44.9 Å². The van der Waals surface area contributed by atoms with Gasteiger partial charge in [-0.3, -0.25) is 9.48 Å². The molecule has 164 valence electrons. The smallest absolute Gasteiger partial charge is 0.389 e. The third-order valence-corrected chi connectivity index (χ3v) is 5.20. The molecule has 0 saturated heterocycles. The van der Waals surface area contributed by atoms with Gasteiger partial charge in [0.1, 0.15) is 11.5 Å². The van der Waals surface area contributed by atoms with Gasteiger partial charge in [-0.1, -0.05) is 12.1 Å². The number of fused-ring (bicyclic) bond motifs is 1. The van der Waals surface area contributed by atoms with Crippen molar-refractivity contribution in [3.05, 3.63) is 117 Å². The molecule has 1 aromatic heterocycles. The number of rotatable bonds is 4. The quantitative estimate of drug-likeness (QED) is 0.696. The molecule has 32 heavy (non-hydrogen) atoms. The second-order valence-corrected chi connectivity index (χ2v) is 7.51. The van der Waals surface area contributed by atoms with Crippen molar-refractivity contribution >= 4 is 5.91 Å². The first-order valence-electron chi connectivity index (χ1n) is 10.3. The fraction of sp³-hybridized carbons (Fsp3) is 0.200. The van der Waals surface area contributed by atoms with Crippen LogP contribution in [0.3, 0.4) is 0 Å². The van der Waals surface area contributed by atoms with Crippen molar-refractivity contribution in [3.63, 3.8) is 0 Å². The summed E-state index contributed by atoms with van der Waals surface area (Å²) >= 11 is 0. The zero-order valence-corrected chi connectivity index (χ0v) is 18.5. The predicted molar refractivity (Wildman–Crippen MR) is 115 cm³/mol. The van der Waals surface area contributed by atoms with Crippen LogP contribution in [0.25, 0.3) is 0 Å². The van der Waals surface area contributed by atoms with Crippen LogP contribution in [-0.2, 0) is 30.0 Å². The summed E-state index contributed by atoms with van der Waals surface area (Å²) in [6.45, 7) is 1.00. The summed E-state index contributed by atoms with van der Waals surface area (Å²) in [5, 5.41) is 14.8. The number of carbonyl (C=O) groups excluding carboxylic acids is 1. The number of benzene rings is 1. The Labute approximate surface area is 200 Å². The van der Waals surface area contributed by atoms with Crippen LogP contribution in [0.5, 0.6) is 0 Å². The first-order chi connectivity index (χ1) is 15.1. The molecule has 2 aromatic rings. The molecule has 1 aliphatic heterocycles. The van der Waals surface area contributed by atoms with E-state index in [2.05, 4.69) is 5.10 Å². The normalized spacial score (nSPS) is 20.9. The summed E-state index contributed by atoms with van der Waals surface area (Å²) in [5.41, 5.74) is 2.16. The first-order valence-corrected chi connectivity index (χ1v) is 10.3. The summed E-state index contributed by atoms with van der Waals surface area (Å²) in [6.07, 6.45) is 17.6. The Balaban J connectivity index is 0.000000427. The van der Waals surface area contributed by atoms with Gasteiger partial charge in [0.25, 0.3) is 5.91 Å². The van der Waals surface area contributed by atoms with Crippen molar-refractivity contribution in [1.29, 1.82) is 0 Å². The van der Waals surface area contributed by atoms with Crippen LogP contribution in [0.2, 0.25) is 0 Å². The number of hydrogen-bond acceptors (Lipinski definition) is 3. The summed E-state index contributed by atoms with van der Waals surface area (Å²) in [5.74, 6) is 0.527. The molecule has 3 aliphatic rings. The van der Waals surface area contributed by atoms with E-state index >= 15 is 0 Å². The maximum Gasteiger partial charge on any atom is 2.00 e. The molecule has 5 nitrogen and oxygen atoms in total. The molecule has 7 heteroatoms. The standard InChI is InChI=1S/C20H19FN3O2.C5H5.Fe/c21-16-7-5-14(6-8-16)9-10-23-12-17(25)13-24-19(20(23)26)11-18(22-24)15-3-1-2-4-15;1-2-4-5-3-1;/h1-8,11,17,25H,9-10,12-13H2;1-5H;/q;;+2/t17-;;/m0../s1. The second-order valence-electron chi connectivity index (χ2n) is 7.51. The molecule has 1 amide bonds. The number of hydrogen-bond donors (Lipinski definition) is 1. The number of aromatic nitrogens is 2. The van der Waals surface area contributed by atoms with Crippen molar-refractivity contribution < 1.29 is 31.4 Å². The van der Waals surface area contributed by atoms with Gasteiger partial charge in [-0.2, -0.15) is 5.10 Å². The molecule has 0 bridgehead atoms. The molecule has 0 unspecified atom stereocenters. The minimum Gasteiger partial charge on any atom is -0.389 e. The zero-order valence-electron chi connectivity index (χ0n) is 17.4. The van der Waals surface area contributed by atoms with Crippen LogP contribution < -0.4 is 0 Å². The van der Waals surface area contributed by atoms with E-state index in [4.69, 9.17) is 0 Å². The predicted octanol–water partition coefficient (Wildman–Crippen LogP) is 2.85. The summed E-state index contributed by atoms with van der Waals surface area (Å²) in [4.78, 5) is 14.6. The van der Waals surface area contributed by atoms with Gasteiger partial charge in [0.15, 0.2) is 0 Å². The van der Waals surface area contributed by atoms with Crippen LogP contribution >= 0.6 is 0 Å². The van der Waals surface area contributed by atoms with Crippen molar-refractivity contribution in [2.75, 3.05) is 13.1 Å². The van der Waals surface area contributed by atoms with E-state index in [0.29, 0.717) is 18.7 Å². The molecule has 2 heterocycles. The minimum atomic E-state index is -0.680. The van der Waals surface area contributed by atoms with Gasteiger partial charge in [0.2, 0.25) is 0 Å². The van der Waals surface area contributed by atoms with Gasteiger partial charge >= 0.3 is 17.1 Å². The molecule has 5 rings (SSSR count). The minimum absolute atomic E-state index is 0. The Morgan fingerprint density at radius 3 is 2.22 bits per heavy atom. The monoisotopic (exact) mass is 473 g/mol. The second kappa shape index (κ2) is 12.0. The van der Waals surface area contributed by atoms with Gasteiger partial charge in [-0.05, 0) is 88.0 Å². The Bertz CT molecular complexity index is 853. The number of aliphatic hydroxyl groups is 1. The van der Waals surface area contributed by atoms with Crippen molar-refractivity contribution in [1.82, 2.24) is 14.7 Å². The summed E-state index contributed by atoms with van der Waals surface area (Å²) in [6, 6.07) is 8.03. The van der Waals surface area contributed by atoms with E-state index < -0.39 is 6.10 Å². The number of nitrogens with zero attached hydrogens (tertiary/aromatic N) is 3. The Morgan fingerprint density at radius 2 is 1.59 bits per heavy atom. The Kier molecular flexibility index (Phi) is 9.33. The van der Waals surface area contributed by atoms with E-state index in [9.17, 15) is 14.3 Å². The number of carbonyl (C=O) groups is 1. The number of amides is 1. The molecule has 2 aliphatic carbocycles. The Morgan fingerprint density at radius 1 is 0.969 bits per heavy atom. The average Bonchev–Trinajstić information content (AvgIpc) is 3.54. The molecule has 2 saturated carbocycles. The molecular weight excluding hydrogens is 449 g/mol. The van der Waals surface area contributed by atoms with E-state index in [1.165, 1.54) is 12.1 Å². The van der Waals surface area contributed by atoms with Crippen molar-refractivity contribution in [2.24, 2.45) is 0 Å². The molecule has 2 fully saturated rings. The molecule has 1 aromatic carbocycles. The first kappa shape index (κ1) is 24.9. The van der Waals surface area contributed by atoms with Gasteiger partial charge in [-0.25, -0.2) is 4.39 Å². The van der Waals surface area contributed by atoms with Crippen LogP contribution in [0.1, 0.15) is 21.7 Å². The van der Waals surface area contributed by atoms with Gasteiger partial charge in [0.05, 0.1) is 18.3 Å². The maximum atomic E-state index is 13.0. The van der Waals surface area contributed by atoms with Gasteiger partial charge in [0, 0.05) is 19.0 Å². The fourth-order valence-electron chi connectivity index (χ4n) is 3.60. The molecule has 10 radical (unpaired) electrons. The van der Waals surface area contributed by atoms with E-state index in [1.54, 1.807) is 27.8 Å². The molecule has 1 atom stereocenters. The third kappa shape index (κ3) is 6.43. The van der Waals surface area contributed by atoms with Crippen molar-refractivity contribution in [2.45, 2.75) is 19.1 Å². The molecular formula is C25H24FFeN3O2+2. The fourth-order valence-corrected chi connectivity index (χ4v) is 3.60. The summed E-state index contributed by atoms with van der Waals surface area (Å²) in [7, 11) is 0. The zero-order chi connectivity index (χ0) is 21.6. The topological polar surface area (TPSA) is 58.4 Å². The van der Waals surface area contributed by atoms with Crippen LogP contribution in [0.15, 0.2) is 30.3 Å². The van der Waals surface area contributed by atoms with E-state index in [1.807, 2.05) is 57.8 Å². The Hall–Kier alpha value is -1.69. The van der Waals surface area contributed by atoms with E-state index in [0.717, 1.165) is 17.2 Å². The number of halogens is 1. The van der Waals surface area contributed by atoms with E-state index in [-0.39, 0.29) is 41.9 Å². The van der Waals surface area contributed by atoms with Crippen LogP contribution in [0.4, 0.5) is 4.39 Å². The summed E-state index contributed by atoms with van der Waals surface area (Å²) < 4.78 is 14.6. The molecule has 1 N–H and O–H groups in total. The van der Waals surface area contributed by atoms with Gasteiger partial charge < -0.3 is 10.0 Å². The number of β-amino-alcohol motifs (C(OH)–C–C–N with tert-alkyl or cyclic N) is 1. The van der Waals surface area contributed by atoms with Crippen molar-refractivity contribution in [3.8, 4) is 0 Å². The largest absolute Gasteiger partial charge is 2.00 e. The maximum absolute atomic E-state index is 13.0. The van der Waals surface area contributed by atoms with Gasteiger partial charge in [-0.15, -0.1) is 0 Å². The van der Waals surface area contributed by atoms with Crippen LogP contribution in [0, 0.1) is 69.5 Å².